The lowest BCUT2D eigenvalue weighted by Gasteiger charge is -2.33. The van der Waals surface area contributed by atoms with Crippen LogP contribution in [-0.4, -0.2) is 29.9 Å². The van der Waals surface area contributed by atoms with Gasteiger partial charge in [-0.25, -0.2) is 0 Å². The molecule has 168 valence electrons. The molecule has 0 radical (unpaired) electrons. The third kappa shape index (κ3) is 5.22. The van der Waals surface area contributed by atoms with Crippen LogP contribution in [-0.2, 0) is 11.3 Å². The highest BCUT2D eigenvalue weighted by molar-refractivity contribution is 7.12. The monoisotopic (exact) mass is 452 g/mol. The second kappa shape index (κ2) is 10.5. The largest absolute Gasteiger partial charge is 0.497 e. The Balaban J connectivity index is 1.72. The molecule has 0 spiro atoms. The zero-order chi connectivity index (χ0) is 22.3. The molecule has 32 heavy (non-hydrogen) atoms. The van der Waals surface area contributed by atoms with Gasteiger partial charge in [0, 0.05) is 6.04 Å². The van der Waals surface area contributed by atoms with Crippen LogP contribution in [0.15, 0.2) is 64.6 Å². The predicted octanol–water partition coefficient (Wildman–Crippen LogP) is 5.18. The Morgan fingerprint density at radius 2 is 2.00 bits per heavy atom. The quantitative estimate of drug-likeness (QED) is 0.511. The Morgan fingerprint density at radius 1 is 1.16 bits per heavy atom. The van der Waals surface area contributed by atoms with E-state index in [1.165, 1.54) is 17.8 Å². The van der Waals surface area contributed by atoms with Crippen molar-refractivity contribution in [3.05, 3.63) is 76.4 Å². The fraction of sp³-hybridized carbons (Fsp3) is 0.360. The molecule has 1 aromatic carbocycles. The number of benzene rings is 1. The lowest BCUT2D eigenvalue weighted by atomic mass is 9.94. The first kappa shape index (κ1) is 22.1. The van der Waals surface area contributed by atoms with Crippen molar-refractivity contribution in [3.8, 4) is 5.75 Å². The van der Waals surface area contributed by atoms with Crippen molar-refractivity contribution in [2.75, 3.05) is 7.11 Å². The van der Waals surface area contributed by atoms with Crippen LogP contribution >= 0.6 is 11.3 Å². The zero-order valence-corrected chi connectivity index (χ0v) is 19.0. The summed E-state index contributed by atoms with van der Waals surface area (Å²) in [5, 5.41) is 5.08. The highest BCUT2D eigenvalue weighted by Crippen LogP contribution is 2.30. The summed E-state index contributed by atoms with van der Waals surface area (Å²) in [6.07, 6.45) is 6.93. The first-order chi connectivity index (χ1) is 15.7. The minimum atomic E-state index is -0.813. The van der Waals surface area contributed by atoms with Crippen LogP contribution in [0.25, 0.3) is 0 Å². The zero-order valence-electron chi connectivity index (χ0n) is 18.2. The lowest BCUT2D eigenvalue weighted by molar-refractivity contribution is -0.127. The number of nitrogens with zero attached hydrogens (tertiary/aromatic N) is 1. The summed E-state index contributed by atoms with van der Waals surface area (Å²) in [6.45, 7) is 0.184. The maximum absolute atomic E-state index is 13.7. The highest BCUT2D eigenvalue weighted by Gasteiger charge is 2.34. The normalized spacial score (nSPS) is 15.2. The molecular weight excluding hydrogens is 424 g/mol. The fourth-order valence-electron chi connectivity index (χ4n) is 4.20. The molecule has 0 aliphatic heterocycles. The predicted molar refractivity (Wildman–Crippen MR) is 124 cm³/mol. The van der Waals surface area contributed by atoms with E-state index in [-0.39, 0.29) is 24.4 Å². The van der Waals surface area contributed by atoms with Crippen LogP contribution in [0.5, 0.6) is 5.75 Å². The molecule has 1 atom stereocenters. The minimum Gasteiger partial charge on any atom is -0.497 e. The molecule has 1 N–H and O–H groups in total. The van der Waals surface area contributed by atoms with Crippen LogP contribution in [0.3, 0.4) is 0 Å². The van der Waals surface area contributed by atoms with Gasteiger partial charge in [-0.1, -0.05) is 37.5 Å². The van der Waals surface area contributed by atoms with Gasteiger partial charge in [-0.05, 0) is 54.1 Å². The Kier molecular flexibility index (Phi) is 7.27. The number of thiophene rings is 1. The number of hydrogen-bond acceptors (Lipinski definition) is 5. The summed E-state index contributed by atoms with van der Waals surface area (Å²) >= 11 is 1.36. The summed E-state index contributed by atoms with van der Waals surface area (Å²) in [7, 11) is 1.59. The number of furan rings is 1. The number of rotatable bonds is 8. The summed E-state index contributed by atoms with van der Waals surface area (Å²) in [6, 6.07) is 13.9. The van der Waals surface area contributed by atoms with Crippen molar-refractivity contribution >= 4 is 23.2 Å². The molecular formula is C25H28N2O4S. The fourth-order valence-corrected chi connectivity index (χ4v) is 4.88. The van der Waals surface area contributed by atoms with Gasteiger partial charge in [-0.3, -0.25) is 9.59 Å². The van der Waals surface area contributed by atoms with Gasteiger partial charge in [0.2, 0.25) is 5.91 Å². The maximum Gasteiger partial charge on any atom is 0.265 e. The van der Waals surface area contributed by atoms with Gasteiger partial charge in [0.1, 0.15) is 17.6 Å². The number of ether oxygens (including phenoxy) is 1. The topological polar surface area (TPSA) is 71.8 Å². The third-order valence-corrected chi connectivity index (χ3v) is 6.68. The number of amides is 2. The molecule has 4 rings (SSSR count). The molecule has 2 amide bonds. The van der Waals surface area contributed by atoms with E-state index >= 15 is 0 Å². The Hall–Kier alpha value is -3.06. The molecule has 0 saturated heterocycles. The van der Waals surface area contributed by atoms with Crippen LogP contribution in [0, 0.1) is 0 Å². The molecule has 7 heteroatoms. The molecule has 1 aliphatic carbocycles. The molecule has 2 heterocycles. The van der Waals surface area contributed by atoms with Gasteiger partial charge in [-0.15, -0.1) is 11.3 Å². The molecule has 2 aromatic heterocycles. The third-order valence-electron chi connectivity index (χ3n) is 5.82. The summed E-state index contributed by atoms with van der Waals surface area (Å²) in [5.41, 5.74) is 0.703. The summed E-state index contributed by atoms with van der Waals surface area (Å²) < 4.78 is 10.9. The number of carbonyl (C=O) groups is 2. The van der Waals surface area contributed by atoms with E-state index in [1.54, 1.807) is 30.4 Å². The van der Waals surface area contributed by atoms with Gasteiger partial charge in [0.15, 0.2) is 0 Å². The number of methoxy groups -OCH3 is 1. The van der Waals surface area contributed by atoms with E-state index in [0.29, 0.717) is 22.0 Å². The standard InChI is InChI=1S/C25H28N2O4S/c1-30-20-11-5-8-18(16-20)23(24(28)26-19-9-3-2-4-10-19)27(17-21-12-6-14-31-21)25(29)22-13-7-15-32-22/h5-8,11-16,19,23H,2-4,9-10,17H2,1H3,(H,26,28)/t23-/m0/s1. The van der Waals surface area contributed by atoms with E-state index in [2.05, 4.69) is 5.32 Å². The molecule has 1 saturated carbocycles. The molecule has 3 aromatic rings. The molecule has 1 aliphatic rings. The summed E-state index contributed by atoms with van der Waals surface area (Å²) in [4.78, 5) is 29.4. The first-order valence-corrected chi connectivity index (χ1v) is 11.8. The van der Waals surface area contributed by atoms with E-state index in [0.717, 1.165) is 25.7 Å². The molecule has 0 unspecified atom stereocenters. The Morgan fingerprint density at radius 3 is 2.69 bits per heavy atom. The van der Waals surface area contributed by atoms with Crippen LogP contribution in [0.1, 0.15) is 59.1 Å². The second-order valence-corrected chi connectivity index (χ2v) is 8.96. The maximum atomic E-state index is 13.7. The van der Waals surface area contributed by atoms with Gasteiger partial charge < -0.3 is 19.4 Å². The SMILES string of the molecule is COc1cccc([C@@H](C(=O)NC2CCCCC2)N(Cc2ccco2)C(=O)c2cccs2)c1. The number of nitrogens with one attached hydrogen (secondary N) is 1. The van der Waals surface area contributed by atoms with Gasteiger partial charge in [0.05, 0.1) is 24.8 Å². The summed E-state index contributed by atoms with van der Waals surface area (Å²) in [5.74, 6) is 0.873. The Labute approximate surface area is 192 Å². The average molecular weight is 453 g/mol. The van der Waals surface area contributed by atoms with Gasteiger partial charge >= 0.3 is 0 Å². The lowest BCUT2D eigenvalue weighted by Crippen LogP contribution is -2.46. The van der Waals surface area contributed by atoms with E-state index in [1.807, 2.05) is 41.8 Å². The van der Waals surface area contributed by atoms with Crippen molar-refractivity contribution in [3.63, 3.8) is 0 Å². The molecule has 1 fully saturated rings. The van der Waals surface area contributed by atoms with E-state index in [9.17, 15) is 9.59 Å². The average Bonchev–Trinajstić information content (AvgIpc) is 3.54. The number of hydrogen-bond donors (Lipinski definition) is 1. The van der Waals surface area contributed by atoms with E-state index < -0.39 is 6.04 Å². The van der Waals surface area contributed by atoms with Gasteiger partial charge in [0.25, 0.3) is 5.91 Å². The van der Waals surface area contributed by atoms with Crippen LogP contribution in [0.2, 0.25) is 0 Å². The van der Waals surface area contributed by atoms with Crippen molar-refractivity contribution in [2.45, 2.75) is 50.7 Å². The van der Waals surface area contributed by atoms with Crippen molar-refractivity contribution < 1.29 is 18.7 Å². The molecule has 0 bridgehead atoms. The number of carbonyl (C=O) groups excluding carboxylic acids is 2. The minimum absolute atomic E-state index is 0.131. The van der Waals surface area contributed by atoms with Crippen molar-refractivity contribution in [1.82, 2.24) is 10.2 Å². The van der Waals surface area contributed by atoms with Crippen LogP contribution in [0.4, 0.5) is 0 Å². The smallest absolute Gasteiger partial charge is 0.265 e. The van der Waals surface area contributed by atoms with Gasteiger partial charge in [-0.2, -0.15) is 0 Å². The van der Waals surface area contributed by atoms with Crippen LogP contribution < -0.4 is 10.1 Å². The van der Waals surface area contributed by atoms with Crippen molar-refractivity contribution in [2.24, 2.45) is 0 Å². The van der Waals surface area contributed by atoms with Crippen molar-refractivity contribution in [1.29, 1.82) is 0 Å². The first-order valence-electron chi connectivity index (χ1n) is 11.0. The second-order valence-electron chi connectivity index (χ2n) is 8.01. The Bertz CT molecular complexity index is 1010. The molecule has 6 nitrogen and oxygen atoms in total. The van der Waals surface area contributed by atoms with E-state index in [4.69, 9.17) is 9.15 Å². The highest BCUT2D eigenvalue weighted by atomic mass is 32.1.